The summed E-state index contributed by atoms with van der Waals surface area (Å²) in [5.41, 5.74) is 9.13. The van der Waals surface area contributed by atoms with Gasteiger partial charge in [-0.25, -0.2) is 0 Å². The molecule has 0 bridgehead atoms. The maximum atomic E-state index is 14.1. The summed E-state index contributed by atoms with van der Waals surface area (Å²) in [4.78, 5) is 18.5. The number of unbranched alkanes of at least 4 members (excludes halogenated alkanes) is 1. The van der Waals surface area contributed by atoms with Crippen LogP contribution in [0, 0.1) is 13.8 Å². The fourth-order valence-electron chi connectivity index (χ4n) is 4.64. The van der Waals surface area contributed by atoms with Crippen molar-refractivity contribution < 1.29 is 4.79 Å². The van der Waals surface area contributed by atoms with Gasteiger partial charge in [0.1, 0.15) is 0 Å². The summed E-state index contributed by atoms with van der Waals surface area (Å²) < 4.78 is 0. The lowest BCUT2D eigenvalue weighted by Crippen LogP contribution is -2.38. The van der Waals surface area contributed by atoms with Gasteiger partial charge in [0.15, 0.2) is 0 Å². The first-order chi connectivity index (χ1) is 16.4. The lowest BCUT2D eigenvalue weighted by molar-refractivity contribution is -0.124. The summed E-state index contributed by atoms with van der Waals surface area (Å²) in [6, 6.07) is 14.8. The second-order valence-electron chi connectivity index (χ2n) is 9.30. The molecule has 0 fully saturated rings. The van der Waals surface area contributed by atoms with E-state index >= 15 is 0 Å². The Morgan fingerprint density at radius 3 is 2.44 bits per heavy atom. The predicted molar refractivity (Wildman–Crippen MR) is 147 cm³/mol. The number of allylic oxidation sites excluding steroid dienone is 3. The lowest BCUT2D eigenvalue weighted by atomic mass is 9.94. The number of fused-ring (bicyclic) bond motifs is 1. The van der Waals surface area contributed by atoms with Gasteiger partial charge in [0.25, 0.3) is 5.91 Å². The quantitative estimate of drug-likeness (QED) is 0.389. The van der Waals surface area contributed by atoms with Gasteiger partial charge < -0.3 is 9.80 Å². The molecule has 180 valence electrons. The van der Waals surface area contributed by atoms with E-state index in [0.717, 1.165) is 54.5 Å². The summed E-state index contributed by atoms with van der Waals surface area (Å²) in [5.74, 6) is 0.132. The van der Waals surface area contributed by atoms with Crippen LogP contribution in [-0.2, 0) is 4.79 Å². The summed E-state index contributed by atoms with van der Waals surface area (Å²) in [5, 5.41) is 0. The zero-order chi connectivity index (χ0) is 24.7. The molecule has 2 aromatic rings. The van der Waals surface area contributed by atoms with Crippen molar-refractivity contribution in [3.05, 3.63) is 88.1 Å². The van der Waals surface area contributed by atoms with Crippen LogP contribution in [0.15, 0.2) is 65.9 Å². The number of carbonyl (C=O) groups excluding carboxylic acids is 1. The molecule has 0 aromatic heterocycles. The summed E-state index contributed by atoms with van der Waals surface area (Å²) >= 11 is 0. The van der Waals surface area contributed by atoms with Crippen LogP contribution in [0.4, 0.5) is 5.69 Å². The highest BCUT2D eigenvalue weighted by Crippen LogP contribution is 2.31. The molecule has 0 unspecified atom stereocenters. The third-order valence-corrected chi connectivity index (χ3v) is 6.87. The number of para-hydroxylation sites is 1. The van der Waals surface area contributed by atoms with Crippen molar-refractivity contribution in [2.24, 2.45) is 0 Å². The van der Waals surface area contributed by atoms with E-state index in [1.165, 1.54) is 22.5 Å². The number of carbonyl (C=O) groups is 1. The van der Waals surface area contributed by atoms with E-state index in [2.05, 4.69) is 112 Å². The minimum atomic E-state index is 0.132. The molecule has 0 aliphatic heterocycles. The second kappa shape index (κ2) is 11.9. The Labute approximate surface area is 206 Å². The summed E-state index contributed by atoms with van der Waals surface area (Å²) in [7, 11) is 2.13. The molecule has 2 aromatic carbocycles. The zero-order valence-corrected chi connectivity index (χ0v) is 21.8. The minimum absolute atomic E-state index is 0.132. The molecule has 0 heterocycles. The summed E-state index contributed by atoms with van der Waals surface area (Å²) in [6.07, 6.45) is 10.2. The molecule has 1 amide bonds. The number of benzene rings is 2. The number of rotatable bonds is 9. The first-order valence-corrected chi connectivity index (χ1v) is 12.6. The monoisotopic (exact) mass is 456 g/mol. The van der Waals surface area contributed by atoms with Crippen LogP contribution in [-0.4, -0.2) is 30.9 Å². The number of hydrogen-bond acceptors (Lipinski definition) is 2. The van der Waals surface area contributed by atoms with Crippen molar-refractivity contribution in [2.75, 3.05) is 25.0 Å². The summed E-state index contributed by atoms with van der Waals surface area (Å²) in [6.45, 7) is 12.2. The van der Waals surface area contributed by atoms with Gasteiger partial charge in [-0.2, -0.15) is 0 Å². The highest BCUT2D eigenvalue weighted by Gasteiger charge is 2.25. The average Bonchev–Trinajstić information content (AvgIpc) is 3.07. The van der Waals surface area contributed by atoms with Gasteiger partial charge in [0.2, 0.25) is 0 Å². The first-order valence-electron chi connectivity index (χ1n) is 12.6. The number of amides is 1. The van der Waals surface area contributed by atoms with Gasteiger partial charge in [-0.15, -0.1) is 0 Å². The molecule has 3 heteroatoms. The van der Waals surface area contributed by atoms with Gasteiger partial charge in [-0.05, 0) is 68.4 Å². The smallest absolute Gasteiger partial charge is 0.254 e. The molecular formula is C31H40N2O. The molecular weight excluding hydrogens is 416 g/mol. The maximum Gasteiger partial charge on any atom is 0.254 e. The minimum Gasteiger partial charge on any atom is -0.346 e. The molecule has 0 saturated carbocycles. The molecule has 0 atom stereocenters. The van der Waals surface area contributed by atoms with Gasteiger partial charge >= 0.3 is 0 Å². The first kappa shape index (κ1) is 25.6. The van der Waals surface area contributed by atoms with Crippen molar-refractivity contribution in [3.8, 4) is 0 Å². The number of likely N-dealkylation sites (N-methyl/N-ethyl adjacent to an activating group) is 1. The van der Waals surface area contributed by atoms with E-state index in [9.17, 15) is 4.79 Å². The van der Waals surface area contributed by atoms with Gasteiger partial charge in [0, 0.05) is 30.5 Å². The molecule has 3 rings (SSSR count). The number of hydrogen-bond donors (Lipinski definition) is 0. The predicted octanol–water partition coefficient (Wildman–Crippen LogP) is 7.55. The Morgan fingerprint density at radius 2 is 1.74 bits per heavy atom. The lowest BCUT2D eigenvalue weighted by Gasteiger charge is -2.32. The highest BCUT2D eigenvalue weighted by molar-refractivity contribution is 6.21. The van der Waals surface area contributed by atoms with Crippen LogP contribution in [0.5, 0.6) is 0 Å². The molecule has 0 N–H and O–H groups in total. The normalized spacial score (nSPS) is 13.5. The van der Waals surface area contributed by atoms with E-state index in [1.54, 1.807) is 0 Å². The largest absolute Gasteiger partial charge is 0.346 e. The van der Waals surface area contributed by atoms with Crippen molar-refractivity contribution in [2.45, 2.75) is 60.3 Å². The molecule has 0 radical (unpaired) electrons. The molecule has 0 spiro atoms. The van der Waals surface area contributed by atoms with E-state index in [-0.39, 0.29) is 5.91 Å². The van der Waals surface area contributed by atoms with Crippen molar-refractivity contribution in [1.82, 2.24) is 4.90 Å². The van der Waals surface area contributed by atoms with Gasteiger partial charge in [-0.1, -0.05) is 80.5 Å². The van der Waals surface area contributed by atoms with Crippen LogP contribution >= 0.6 is 0 Å². The molecule has 1 aliphatic carbocycles. The van der Waals surface area contributed by atoms with Gasteiger partial charge in [-0.3, -0.25) is 4.79 Å². The van der Waals surface area contributed by atoms with E-state index < -0.39 is 0 Å². The van der Waals surface area contributed by atoms with E-state index in [1.807, 2.05) is 0 Å². The van der Waals surface area contributed by atoms with Crippen LogP contribution in [0.25, 0.3) is 11.6 Å². The molecule has 34 heavy (non-hydrogen) atoms. The van der Waals surface area contributed by atoms with Crippen molar-refractivity contribution in [1.29, 1.82) is 0 Å². The number of nitrogens with zero attached hydrogens (tertiary/aromatic N) is 2. The maximum absolute atomic E-state index is 14.1. The van der Waals surface area contributed by atoms with Crippen molar-refractivity contribution >= 4 is 23.2 Å². The standard InChI is InChI=1S/C31H40N2O/c1-7-9-21-33(22-29(23(3)8-2)32(6)28-20-13-10-15-24(28)4)31(34)27-19-12-11-17-26-18-14-16-25(5)30(26)27/h10-11,13-20H,7-9,12,21-22H2,1-6H3. The highest BCUT2D eigenvalue weighted by atomic mass is 16.2. The molecule has 3 nitrogen and oxygen atoms in total. The fraction of sp³-hybridized carbons (Fsp3) is 0.387. The Bertz CT molecular complexity index is 1110. The third-order valence-electron chi connectivity index (χ3n) is 6.87. The van der Waals surface area contributed by atoms with E-state index in [0.29, 0.717) is 6.54 Å². The number of anilines is 1. The third kappa shape index (κ3) is 5.70. The van der Waals surface area contributed by atoms with E-state index in [4.69, 9.17) is 0 Å². The van der Waals surface area contributed by atoms with Crippen LogP contribution in [0.1, 0.15) is 68.7 Å². The second-order valence-corrected chi connectivity index (χ2v) is 9.30. The van der Waals surface area contributed by atoms with Crippen LogP contribution in [0.3, 0.4) is 0 Å². The molecule has 0 saturated heterocycles. The Morgan fingerprint density at radius 1 is 1.00 bits per heavy atom. The SMILES string of the molecule is CCCCN(CC(=C(C)CC)N(C)c1ccccc1C)C(=O)C1=CCC=Cc2cccc(C)c21. The molecule has 1 aliphatic rings. The Kier molecular flexibility index (Phi) is 8.92. The van der Waals surface area contributed by atoms with Gasteiger partial charge in [0.05, 0.1) is 6.54 Å². The topological polar surface area (TPSA) is 23.6 Å². The zero-order valence-electron chi connectivity index (χ0n) is 21.8. The Hall–Kier alpha value is -3.07. The van der Waals surface area contributed by atoms with Crippen LogP contribution < -0.4 is 4.90 Å². The fourth-order valence-corrected chi connectivity index (χ4v) is 4.64. The Balaban J connectivity index is 2.01. The van der Waals surface area contributed by atoms with Crippen molar-refractivity contribution in [3.63, 3.8) is 0 Å². The number of aryl methyl sites for hydroxylation is 2. The van der Waals surface area contributed by atoms with Crippen LogP contribution in [0.2, 0.25) is 0 Å². The average molecular weight is 457 g/mol.